The molecule has 0 heterocycles. The first-order chi connectivity index (χ1) is 21.5. The molecule has 0 saturated carbocycles. The number of aryl methyl sites for hydroxylation is 2. The first-order valence-electron chi connectivity index (χ1n) is 16.2. The fourth-order valence-corrected chi connectivity index (χ4v) is 5.36. The van der Waals surface area contributed by atoms with Crippen LogP contribution >= 0.6 is 0 Å². The fraction of sp³-hybridized carbons (Fsp3) is 0.317. The van der Waals surface area contributed by atoms with Crippen molar-refractivity contribution in [3.63, 3.8) is 0 Å². The molecule has 0 fully saturated rings. The van der Waals surface area contributed by atoms with Crippen LogP contribution in [0.2, 0.25) is 0 Å². The topological polar surface area (TPSA) is 21.7 Å². The van der Waals surface area contributed by atoms with Crippen LogP contribution in [-0.2, 0) is 0 Å². The van der Waals surface area contributed by atoms with Crippen molar-refractivity contribution in [2.24, 2.45) is 0 Å². The highest BCUT2D eigenvalue weighted by Gasteiger charge is 2.13. The molecule has 0 radical (unpaired) electrons. The average molecular weight is 588 g/mol. The van der Waals surface area contributed by atoms with Crippen molar-refractivity contribution >= 4 is 35.3 Å². The number of anilines is 3. The molecule has 0 unspecified atom stereocenters. The van der Waals surface area contributed by atoms with Gasteiger partial charge in [0.05, 0.1) is 13.7 Å². The van der Waals surface area contributed by atoms with Gasteiger partial charge in [-0.1, -0.05) is 124 Å². The van der Waals surface area contributed by atoms with E-state index in [0.29, 0.717) is 6.61 Å². The van der Waals surface area contributed by atoms with Gasteiger partial charge in [0.1, 0.15) is 11.5 Å². The van der Waals surface area contributed by atoms with Crippen LogP contribution in [-0.4, -0.2) is 13.7 Å². The fourth-order valence-electron chi connectivity index (χ4n) is 5.36. The Kier molecular flexibility index (Phi) is 12.7. The summed E-state index contributed by atoms with van der Waals surface area (Å²) in [6, 6.07) is 30.1. The van der Waals surface area contributed by atoms with Crippen molar-refractivity contribution in [2.45, 2.75) is 72.1 Å². The number of nitrogens with zero attached hydrogens (tertiary/aromatic N) is 1. The lowest BCUT2D eigenvalue weighted by molar-refractivity contribution is 0.303. The third-order valence-corrected chi connectivity index (χ3v) is 8.03. The quantitative estimate of drug-likeness (QED) is 0.0906. The number of methoxy groups -OCH3 is 1. The summed E-state index contributed by atoms with van der Waals surface area (Å²) in [5.41, 5.74) is 8.91. The van der Waals surface area contributed by atoms with Gasteiger partial charge in [-0.3, -0.25) is 0 Å². The van der Waals surface area contributed by atoms with Crippen molar-refractivity contribution in [3.05, 3.63) is 119 Å². The lowest BCUT2D eigenvalue weighted by atomic mass is 10.1. The Hall–Kier alpha value is -4.24. The molecule has 4 aromatic carbocycles. The number of unbranched alkanes of at least 4 members (excludes halogenated alkanes) is 7. The lowest BCUT2D eigenvalue weighted by Crippen LogP contribution is -2.09. The molecule has 0 aliphatic rings. The zero-order chi connectivity index (χ0) is 31.1. The second kappa shape index (κ2) is 17.2. The largest absolute Gasteiger partial charge is 0.496 e. The molecule has 0 aromatic heterocycles. The number of benzene rings is 4. The SMILES string of the molecule is C=Cc1cc(OC)c(C=Cc2ccc(N(c3ccc(C)cc3)c3ccc(C)cc3)cc2)cc1OCCCCCCCCCC. The van der Waals surface area contributed by atoms with Crippen molar-refractivity contribution < 1.29 is 9.47 Å². The number of hydrogen-bond donors (Lipinski definition) is 0. The zero-order valence-corrected chi connectivity index (χ0v) is 27.1. The second-order valence-electron chi connectivity index (χ2n) is 11.6. The monoisotopic (exact) mass is 587 g/mol. The molecule has 3 heteroatoms. The van der Waals surface area contributed by atoms with E-state index in [2.05, 4.69) is 123 Å². The maximum absolute atomic E-state index is 6.24. The van der Waals surface area contributed by atoms with Crippen molar-refractivity contribution in [3.8, 4) is 11.5 Å². The Balaban J connectivity index is 1.46. The molecular weight excluding hydrogens is 538 g/mol. The number of ether oxygens (including phenoxy) is 2. The summed E-state index contributed by atoms with van der Waals surface area (Å²) in [4.78, 5) is 2.29. The molecule has 3 nitrogen and oxygen atoms in total. The molecule has 0 atom stereocenters. The molecule has 4 rings (SSSR count). The smallest absolute Gasteiger partial charge is 0.127 e. The normalized spacial score (nSPS) is 11.1. The van der Waals surface area contributed by atoms with Crippen LogP contribution in [0.5, 0.6) is 11.5 Å². The number of rotatable bonds is 17. The molecule has 4 aromatic rings. The summed E-state index contributed by atoms with van der Waals surface area (Å²) < 4.78 is 12.0. The first kappa shape index (κ1) is 32.7. The van der Waals surface area contributed by atoms with Gasteiger partial charge in [0.2, 0.25) is 0 Å². The van der Waals surface area contributed by atoms with E-state index < -0.39 is 0 Å². The second-order valence-corrected chi connectivity index (χ2v) is 11.6. The summed E-state index contributed by atoms with van der Waals surface area (Å²) in [6.07, 6.45) is 16.3. The van der Waals surface area contributed by atoms with Gasteiger partial charge >= 0.3 is 0 Å². The Bertz CT molecular complexity index is 1420. The number of hydrogen-bond acceptors (Lipinski definition) is 3. The van der Waals surface area contributed by atoms with E-state index in [-0.39, 0.29) is 0 Å². The summed E-state index contributed by atoms with van der Waals surface area (Å²) in [7, 11) is 1.71. The summed E-state index contributed by atoms with van der Waals surface area (Å²) in [5, 5.41) is 0. The van der Waals surface area contributed by atoms with Crippen molar-refractivity contribution in [1.29, 1.82) is 0 Å². The minimum atomic E-state index is 0.714. The van der Waals surface area contributed by atoms with E-state index in [4.69, 9.17) is 9.47 Å². The molecule has 230 valence electrons. The van der Waals surface area contributed by atoms with Gasteiger partial charge in [-0.05, 0) is 74.4 Å². The minimum absolute atomic E-state index is 0.714. The molecular formula is C41H49NO2. The Morgan fingerprint density at radius 1 is 0.614 bits per heavy atom. The van der Waals surface area contributed by atoms with E-state index in [1.807, 2.05) is 12.1 Å². The first-order valence-corrected chi connectivity index (χ1v) is 16.2. The zero-order valence-electron chi connectivity index (χ0n) is 27.1. The van der Waals surface area contributed by atoms with Gasteiger partial charge in [0.25, 0.3) is 0 Å². The van der Waals surface area contributed by atoms with Gasteiger partial charge in [0.15, 0.2) is 0 Å². The Labute approximate surface area is 265 Å². The predicted octanol–water partition coefficient (Wildman–Crippen LogP) is 12.1. The van der Waals surface area contributed by atoms with Gasteiger partial charge in [0, 0.05) is 28.2 Å². The van der Waals surface area contributed by atoms with Crippen LogP contribution in [0.3, 0.4) is 0 Å². The molecule has 0 saturated heterocycles. The molecule has 0 aliphatic heterocycles. The molecule has 0 N–H and O–H groups in total. The van der Waals surface area contributed by atoms with Crippen LogP contribution in [0.25, 0.3) is 18.2 Å². The van der Waals surface area contributed by atoms with E-state index in [1.165, 1.54) is 56.1 Å². The van der Waals surface area contributed by atoms with Crippen molar-refractivity contribution in [1.82, 2.24) is 0 Å². The summed E-state index contributed by atoms with van der Waals surface area (Å²) in [5.74, 6) is 1.66. The van der Waals surface area contributed by atoms with Crippen LogP contribution in [0, 0.1) is 13.8 Å². The highest BCUT2D eigenvalue weighted by atomic mass is 16.5. The van der Waals surface area contributed by atoms with Gasteiger partial charge in [-0.25, -0.2) is 0 Å². The molecule has 44 heavy (non-hydrogen) atoms. The Morgan fingerprint density at radius 2 is 1.11 bits per heavy atom. The van der Waals surface area contributed by atoms with Gasteiger partial charge in [-0.15, -0.1) is 0 Å². The van der Waals surface area contributed by atoms with E-state index >= 15 is 0 Å². The maximum atomic E-state index is 6.24. The lowest BCUT2D eigenvalue weighted by Gasteiger charge is -2.25. The van der Waals surface area contributed by atoms with E-state index in [9.17, 15) is 0 Å². The van der Waals surface area contributed by atoms with Crippen LogP contribution in [0.4, 0.5) is 17.1 Å². The van der Waals surface area contributed by atoms with E-state index in [1.54, 1.807) is 7.11 Å². The van der Waals surface area contributed by atoms with Crippen LogP contribution in [0.1, 0.15) is 86.1 Å². The predicted molar refractivity (Wildman–Crippen MR) is 191 cm³/mol. The molecule has 0 amide bonds. The average Bonchev–Trinajstić information content (AvgIpc) is 3.05. The third kappa shape index (κ3) is 9.38. The van der Waals surface area contributed by atoms with Crippen LogP contribution < -0.4 is 14.4 Å². The summed E-state index contributed by atoms with van der Waals surface area (Å²) >= 11 is 0. The maximum Gasteiger partial charge on any atom is 0.127 e. The summed E-state index contributed by atoms with van der Waals surface area (Å²) in [6.45, 7) is 11.2. The van der Waals surface area contributed by atoms with Gasteiger partial charge < -0.3 is 14.4 Å². The standard InChI is InChI=1S/C41H49NO2/c1-6-8-9-10-11-12-13-14-29-44-41-31-36(40(43-5)30-35(41)7-2)22-19-34-20-27-39(28-21-34)42(37-23-15-32(3)16-24-37)38-25-17-33(4)18-26-38/h7,15-28,30-31H,2,6,8-14,29H2,1,3-5H3. The molecule has 0 bridgehead atoms. The highest BCUT2D eigenvalue weighted by molar-refractivity contribution is 5.79. The highest BCUT2D eigenvalue weighted by Crippen LogP contribution is 2.35. The molecule has 0 aliphatic carbocycles. The third-order valence-electron chi connectivity index (χ3n) is 8.03. The van der Waals surface area contributed by atoms with Gasteiger partial charge in [-0.2, -0.15) is 0 Å². The minimum Gasteiger partial charge on any atom is -0.496 e. The molecule has 0 spiro atoms. The van der Waals surface area contributed by atoms with Crippen LogP contribution in [0.15, 0.2) is 91.5 Å². The van der Waals surface area contributed by atoms with E-state index in [0.717, 1.165) is 51.7 Å². The Morgan fingerprint density at radius 3 is 1.64 bits per heavy atom. The van der Waals surface area contributed by atoms with Crippen molar-refractivity contribution in [2.75, 3.05) is 18.6 Å².